The number of carbonyl (C=O) groups excluding carboxylic acids is 3. The second kappa shape index (κ2) is 10.5. The molecule has 0 aromatic heterocycles. The lowest BCUT2D eigenvalue weighted by Crippen LogP contribution is -2.51. The molecule has 7 nitrogen and oxygen atoms in total. The molecule has 2 fully saturated rings. The SMILES string of the molecule is O=C(C1CCN(c2cccc3c2C(=O)N(Cc2cccc(F)c2)C3=O)CC1)N1CCN(c2ccccc2)CC1. The quantitative estimate of drug-likeness (QED) is 0.467. The number of halogens is 1. The van der Waals surface area contributed by atoms with E-state index in [0.717, 1.165) is 31.9 Å². The van der Waals surface area contributed by atoms with Crippen LogP contribution in [0.5, 0.6) is 0 Å². The molecule has 3 aliphatic heterocycles. The van der Waals surface area contributed by atoms with Crippen LogP contribution in [0.1, 0.15) is 39.1 Å². The Labute approximate surface area is 227 Å². The van der Waals surface area contributed by atoms with Crippen LogP contribution in [-0.4, -0.2) is 66.8 Å². The molecule has 3 aliphatic rings. The third-order valence-electron chi connectivity index (χ3n) is 8.10. The van der Waals surface area contributed by atoms with Crippen molar-refractivity contribution in [1.82, 2.24) is 9.80 Å². The zero-order valence-corrected chi connectivity index (χ0v) is 21.8. The maximum absolute atomic E-state index is 13.7. The Morgan fingerprint density at radius 2 is 1.49 bits per heavy atom. The Kier molecular flexibility index (Phi) is 6.77. The first-order valence-corrected chi connectivity index (χ1v) is 13.6. The molecule has 0 radical (unpaired) electrons. The van der Waals surface area contributed by atoms with Crippen LogP contribution in [0.25, 0.3) is 0 Å². The van der Waals surface area contributed by atoms with Crippen molar-refractivity contribution in [2.24, 2.45) is 5.92 Å². The number of hydrogen-bond donors (Lipinski definition) is 0. The summed E-state index contributed by atoms with van der Waals surface area (Å²) in [5.41, 5.74) is 3.27. The van der Waals surface area contributed by atoms with Gasteiger partial charge in [0, 0.05) is 50.9 Å². The third-order valence-corrected chi connectivity index (χ3v) is 8.10. The maximum Gasteiger partial charge on any atom is 0.263 e. The van der Waals surface area contributed by atoms with Crippen molar-refractivity contribution in [2.45, 2.75) is 19.4 Å². The number of nitrogens with zero attached hydrogens (tertiary/aromatic N) is 4. The number of fused-ring (bicyclic) bond motifs is 1. The molecule has 0 saturated carbocycles. The molecule has 0 atom stereocenters. The number of piperazine rings is 1. The average molecular weight is 527 g/mol. The summed E-state index contributed by atoms with van der Waals surface area (Å²) in [5.74, 6) is -0.943. The van der Waals surface area contributed by atoms with E-state index < -0.39 is 5.82 Å². The van der Waals surface area contributed by atoms with Gasteiger partial charge in [0.05, 0.1) is 23.4 Å². The van der Waals surface area contributed by atoms with Crippen molar-refractivity contribution in [1.29, 1.82) is 0 Å². The molecule has 39 heavy (non-hydrogen) atoms. The second-order valence-electron chi connectivity index (χ2n) is 10.4. The fraction of sp³-hybridized carbons (Fsp3) is 0.323. The fourth-order valence-corrected chi connectivity index (χ4v) is 5.99. The molecule has 0 spiro atoms. The van der Waals surface area contributed by atoms with E-state index in [0.29, 0.717) is 42.6 Å². The van der Waals surface area contributed by atoms with Crippen LogP contribution in [-0.2, 0) is 11.3 Å². The molecule has 200 valence electrons. The van der Waals surface area contributed by atoms with Gasteiger partial charge in [0.2, 0.25) is 5.91 Å². The number of para-hydroxylation sites is 1. The highest BCUT2D eigenvalue weighted by atomic mass is 19.1. The normalized spacial score (nSPS) is 18.1. The minimum absolute atomic E-state index is 0.0255. The highest BCUT2D eigenvalue weighted by molar-refractivity contribution is 6.23. The van der Waals surface area contributed by atoms with Gasteiger partial charge in [-0.3, -0.25) is 19.3 Å². The van der Waals surface area contributed by atoms with Gasteiger partial charge in [-0.05, 0) is 54.8 Å². The van der Waals surface area contributed by atoms with Crippen molar-refractivity contribution >= 4 is 29.1 Å². The van der Waals surface area contributed by atoms with E-state index in [1.54, 1.807) is 24.3 Å². The van der Waals surface area contributed by atoms with Gasteiger partial charge < -0.3 is 14.7 Å². The van der Waals surface area contributed by atoms with Gasteiger partial charge in [0.25, 0.3) is 11.8 Å². The second-order valence-corrected chi connectivity index (χ2v) is 10.4. The minimum Gasteiger partial charge on any atom is -0.371 e. The first-order chi connectivity index (χ1) is 19.0. The molecule has 2 saturated heterocycles. The molecular weight excluding hydrogens is 495 g/mol. The summed E-state index contributed by atoms with van der Waals surface area (Å²) in [6, 6.07) is 21.6. The average Bonchev–Trinajstić information content (AvgIpc) is 3.22. The number of rotatable bonds is 5. The number of carbonyl (C=O) groups is 3. The molecule has 0 bridgehead atoms. The lowest BCUT2D eigenvalue weighted by molar-refractivity contribution is -0.136. The van der Waals surface area contributed by atoms with Gasteiger partial charge in [-0.2, -0.15) is 0 Å². The van der Waals surface area contributed by atoms with Gasteiger partial charge in [-0.1, -0.05) is 36.4 Å². The van der Waals surface area contributed by atoms with Gasteiger partial charge in [-0.25, -0.2) is 4.39 Å². The van der Waals surface area contributed by atoms with Crippen LogP contribution in [0, 0.1) is 11.7 Å². The van der Waals surface area contributed by atoms with E-state index in [2.05, 4.69) is 21.9 Å². The van der Waals surface area contributed by atoms with Crippen LogP contribution in [0.3, 0.4) is 0 Å². The van der Waals surface area contributed by atoms with Crippen molar-refractivity contribution < 1.29 is 18.8 Å². The Balaban J connectivity index is 1.09. The Morgan fingerprint density at radius 1 is 0.769 bits per heavy atom. The summed E-state index contributed by atoms with van der Waals surface area (Å²) in [4.78, 5) is 47.4. The number of amides is 3. The van der Waals surface area contributed by atoms with Crippen molar-refractivity contribution in [3.8, 4) is 0 Å². The number of imide groups is 1. The summed E-state index contributed by atoms with van der Waals surface area (Å²) >= 11 is 0. The summed E-state index contributed by atoms with van der Waals surface area (Å²) in [6.45, 7) is 4.40. The van der Waals surface area contributed by atoms with Gasteiger partial charge in [0.15, 0.2) is 0 Å². The predicted octanol–water partition coefficient (Wildman–Crippen LogP) is 4.19. The van der Waals surface area contributed by atoms with Crippen molar-refractivity contribution in [3.63, 3.8) is 0 Å². The number of benzene rings is 3. The molecule has 0 unspecified atom stereocenters. The molecule has 3 aromatic carbocycles. The van der Waals surface area contributed by atoms with E-state index in [9.17, 15) is 18.8 Å². The standard InChI is InChI=1S/C31H31FN4O3/c32-24-7-4-6-22(20-24)21-36-30(38)26-10-5-11-27(28(26)31(36)39)34-14-12-23(13-15-34)29(37)35-18-16-33(17-19-35)25-8-2-1-3-9-25/h1-11,20,23H,12-19,21H2. The van der Waals surface area contributed by atoms with Crippen molar-refractivity contribution in [2.75, 3.05) is 49.1 Å². The van der Waals surface area contributed by atoms with Crippen LogP contribution in [0.4, 0.5) is 15.8 Å². The highest BCUT2D eigenvalue weighted by Crippen LogP contribution is 2.35. The summed E-state index contributed by atoms with van der Waals surface area (Å²) in [6.07, 6.45) is 1.41. The first-order valence-electron chi connectivity index (χ1n) is 13.6. The summed E-state index contributed by atoms with van der Waals surface area (Å²) in [7, 11) is 0. The Hall–Kier alpha value is -4.20. The van der Waals surface area contributed by atoms with E-state index >= 15 is 0 Å². The van der Waals surface area contributed by atoms with Crippen LogP contribution >= 0.6 is 0 Å². The van der Waals surface area contributed by atoms with Crippen LogP contribution < -0.4 is 9.80 Å². The summed E-state index contributed by atoms with van der Waals surface area (Å²) < 4.78 is 13.7. The molecule has 0 aliphatic carbocycles. The van der Waals surface area contributed by atoms with E-state index in [1.165, 1.54) is 22.7 Å². The molecule has 3 amide bonds. The highest BCUT2D eigenvalue weighted by Gasteiger charge is 2.39. The smallest absolute Gasteiger partial charge is 0.263 e. The molecular formula is C31H31FN4O3. The Morgan fingerprint density at radius 3 is 2.21 bits per heavy atom. The molecule has 6 rings (SSSR count). The Bertz CT molecular complexity index is 1400. The fourth-order valence-electron chi connectivity index (χ4n) is 5.99. The lowest BCUT2D eigenvalue weighted by Gasteiger charge is -2.40. The maximum atomic E-state index is 13.7. The lowest BCUT2D eigenvalue weighted by atomic mass is 9.93. The van der Waals surface area contributed by atoms with Gasteiger partial charge in [-0.15, -0.1) is 0 Å². The zero-order chi connectivity index (χ0) is 26.9. The van der Waals surface area contributed by atoms with Gasteiger partial charge >= 0.3 is 0 Å². The topological polar surface area (TPSA) is 64.2 Å². The molecule has 3 heterocycles. The van der Waals surface area contributed by atoms with Gasteiger partial charge in [0.1, 0.15) is 5.82 Å². The molecule has 0 N–H and O–H groups in total. The number of anilines is 2. The van der Waals surface area contributed by atoms with E-state index in [-0.39, 0.29) is 30.2 Å². The van der Waals surface area contributed by atoms with E-state index in [1.807, 2.05) is 29.2 Å². The number of hydrogen-bond acceptors (Lipinski definition) is 5. The number of piperidine rings is 1. The predicted molar refractivity (Wildman–Crippen MR) is 147 cm³/mol. The molecule has 8 heteroatoms. The third kappa shape index (κ3) is 4.87. The molecule has 3 aromatic rings. The van der Waals surface area contributed by atoms with Crippen molar-refractivity contribution in [3.05, 3.63) is 95.3 Å². The minimum atomic E-state index is -0.403. The van der Waals surface area contributed by atoms with E-state index in [4.69, 9.17) is 0 Å². The summed E-state index contributed by atoms with van der Waals surface area (Å²) in [5, 5.41) is 0. The largest absolute Gasteiger partial charge is 0.371 e. The van der Waals surface area contributed by atoms with Crippen LogP contribution in [0.15, 0.2) is 72.8 Å². The monoisotopic (exact) mass is 526 g/mol. The first kappa shape index (κ1) is 25.1. The van der Waals surface area contributed by atoms with Crippen LogP contribution in [0.2, 0.25) is 0 Å². The zero-order valence-electron chi connectivity index (χ0n) is 21.8.